The lowest BCUT2D eigenvalue weighted by atomic mass is 9.61. The van der Waals surface area contributed by atoms with Gasteiger partial charge in [-0.05, 0) is 46.6 Å². The maximum atomic E-state index is 13.9. The Morgan fingerprint density at radius 2 is 1.53 bits per heavy atom. The molecule has 32 heavy (non-hydrogen) atoms. The van der Waals surface area contributed by atoms with Crippen LogP contribution in [0.4, 0.5) is 0 Å². The predicted octanol–water partition coefficient (Wildman–Crippen LogP) is 5.12. The van der Waals surface area contributed by atoms with E-state index in [1.54, 1.807) is 18.2 Å². The fourth-order valence-corrected chi connectivity index (χ4v) is 5.82. The lowest BCUT2D eigenvalue weighted by molar-refractivity contribution is -0.170. The number of rotatable bonds is 4. The monoisotopic (exact) mass is 496 g/mol. The van der Waals surface area contributed by atoms with E-state index in [1.165, 1.54) is 14.2 Å². The zero-order valence-electron chi connectivity index (χ0n) is 18.5. The van der Waals surface area contributed by atoms with Gasteiger partial charge in [0.05, 0.1) is 14.2 Å². The SMILES string of the molecule is COC(=O)C1(C(=O)OC)CC(C(=O)c2ccccc2Br)=C2c3ccccc3C(C)(C)C2C1. The second-order valence-electron chi connectivity index (χ2n) is 8.97. The lowest BCUT2D eigenvalue weighted by Crippen LogP contribution is -2.48. The summed E-state index contributed by atoms with van der Waals surface area (Å²) in [6.07, 6.45) is 0.152. The zero-order valence-corrected chi connectivity index (χ0v) is 20.1. The van der Waals surface area contributed by atoms with Gasteiger partial charge in [0.25, 0.3) is 0 Å². The Bertz CT molecular complexity index is 1140. The molecule has 0 amide bonds. The van der Waals surface area contributed by atoms with Gasteiger partial charge < -0.3 is 9.47 Å². The van der Waals surface area contributed by atoms with Crippen molar-refractivity contribution < 1.29 is 23.9 Å². The highest BCUT2D eigenvalue weighted by atomic mass is 79.9. The molecule has 0 spiro atoms. The Kier molecular flexibility index (Phi) is 5.61. The lowest BCUT2D eigenvalue weighted by Gasteiger charge is -2.41. The van der Waals surface area contributed by atoms with E-state index in [2.05, 4.69) is 35.8 Å². The first-order valence-electron chi connectivity index (χ1n) is 10.5. The first kappa shape index (κ1) is 22.5. The van der Waals surface area contributed by atoms with E-state index in [0.717, 1.165) is 16.7 Å². The molecule has 5 nitrogen and oxygen atoms in total. The summed E-state index contributed by atoms with van der Waals surface area (Å²) in [5.74, 6) is -1.78. The van der Waals surface area contributed by atoms with Crippen molar-refractivity contribution in [2.24, 2.45) is 11.3 Å². The summed E-state index contributed by atoms with van der Waals surface area (Å²) >= 11 is 3.48. The van der Waals surface area contributed by atoms with Crippen molar-refractivity contribution in [3.8, 4) is 0 Å². The standard InChI is InChI=1S/C26H25BrO5/c1-25(2)18-11-7-5-9-15(18)21-17(22(28)16-10-6-8-12-20(16)27)13-26(14-19(21)25,23(29)31-3)24(30)32-4/h5-12,19H,13-14H2,1-4H3. The van der Waals surface area contributed by atoms with Crippen LogP contribution in [0.1, 0.15) is 48.2 Å². The molecule has 1 unspecified atom stereocenters. The number of halogens is 1. The number of ether oxygens (including phenoxy) is 2. The van der Waals surface area contributed by atoms with Crippen LogP contribution in [0.2, 0.25) is 0 Å². The molecule has 0 heterocycles. The highest BCUT2D eigenvalue weighted by Gasteiger charge is 2.59. The van der Waals surface area contributed by atoms with Crippen molar-refractivity contribution >= 4 is 39.2 Å². The number of fused-ring (bicyclic) bond motifs is 3. The second-order valence-corrected chi connectivity index (χ2v) is 9.82. The molecule has 2 aliphatic carbocycles. The Morgan fingerprint density at radius 3 is 2.16 bits per heavy atom. The molecule has 6 heteroatoms. The topological polar surface area (TPSA) is 69.7 Å². The van der Waals surface area contributed by atoms with Gasteiger partial charge >= 0.3 is 11.9 Å². The molecule has 0 radical (unpaired) electrons. The van der Waals surface area contributed by atoms with Gasteiger partial charge in [-0.1, -0.05) is 66.2 Å². The van der Waals surface area contributed by atoms with Crippen LogP contribution in [0.5, 0.6) is 0 Å². The Hall–Kier alpha value is -2.73. The number of carbonyl (C=O) groups is 3. The van der Waals surface area contributed by atoms with E-state index in [1.807, 2.05) is 24.3 Å². The fourth-order valence-electron chi connectivity index (χ4n) is 5.36. The quantitative estimate of drug-likeness (QED) is 0.333. The van der Waals surface area contributed by atoms with E-state index < -0.39 is 17.4 Å². The van der Waals surface area contributed by atoms with Gasteiger partial charge in [-0.2, -0.15) is 0 Å². The molecular formula is C26H25BrO5. The third kappa shape index (κ3) is 3.15. The van der Waals surface area contributed by atoms with Crippen LogP contribution in [0.3, 0.4) is 0 Å². The molecule has 0 saturated heterocycles. The third-order valence-corrected chi connectivity index (χ3v) is 7.72. The van der Waals surface area contributed by atoms with E-state index in [4.69, 9.17) is 9.47 Å². The van der Waals surface area contributed by atoms with Gasteiger partial charge in [-0.3, -0.25) is 14.4 Å². The zero-order chi connectivity index (χ0) is 23.3. The molecule has 166 valence electrons. The van der Waals surface area contributed by atoms with Gasteiger partial charge in [0.1, 0.15) is 0 Å². The van der Waals surface area contributed by atoms with Crippen LogP contribution in [-0.4, -0.2) is 31.9 Å². The summed E-state index contributed by atoms with van der Waals surface area (Å²) in [5, 5.41) is 0. The van der Waals surface area contributed by atoms with Crippen molar-refractivity contribution in [2.75, 3.05) is 14.2 Å². The largest absolute Gasteiger partial charge is 0.468 e. The average molecular weight is 497 g/mol. The highest BCUT2D eigenvalue weighted by molar-refractivity contribution is 9.10. The van der Waals surface area contributed by atoms with Crippen molar-refractivity contribution in [3.05, 3.63) is 75.3 Å². The number of methoxy groups -OCH3 is 2. The Balaban J connectivity index is 2.02. The Labute approximate surface area is 195 Å². The molecule has 0 aliphatic heterocycles. The molecule has 0 aromatic heterocycles. The number of Topliss-reactive ketones (excluding diaryl/α,β-unsaturated/α-hetero) is 1. The van der Waals surface area contributed by atoms with Crippen LogP contribution in [0, 0.1) is 11.3 Å². The molecule has 0 bridgehead atoms. The number of esters is 2. The number of allylic oxidation sites excluding steroid dienone is 2. The van der Waals surface area contributed by atoms with Crippen molar-refractivity contribution in [2.45, 2.75) is 32.1 Å². The average Bonchev–Trinajstić information content (AvgIpc) is 3.04. The molecule has 2 aliphatic rings. The van der Waals surface area contributed by atoms with E-state index in [9.17, 15) is 14.4 Å². The van der Waals surface area contributed by atoms with Gasteiger partial charge in [0.2, 0.25) is 0 Å². The minimum Gasteiger partial charge on any atom is -0.468 e. The molecule has 2 aromatic rings. The van der Waals surface area contributed by atoms with Gasteiger partial charge in [-0.25, -0.2) is 0 Å². The van der Waals surface area contributed by atoms with Crippen LogP contribution >= 0.6 is 15.9 Å². The van der Waals surface area contributed by atoms with E-state index in [0.29, 0.717) is 15.6 Å². The van der Waals surface area contributed by atoms with E-state index in [-0.39, 0.29) is 30.0 Å². The second kappa shape index (κ2) is 8.00. The molecule has 1 atom stereocenters. The summed E-state index contributed by atoms with van der Waals surface area (Å²) in [6, 6.07) is 15.2. The van der Waals surface area contributed by atoms with Crippen LogP contribution in [0.15, 0.2) is 58.6 Å². The van der Waals surface area contributed by atoms with Crippen molar-refractivity contribution in [3.63, 3.8) is 0 Å². The first-order chi connectivity index (χ1) is 15.2. The highest BCUT2D eigenvalue weighted by Crippen LogP contribution is 2.60. The number of ketones is 1. The van der Waals surface area contributed by atoms with E-state index >= 15 is 0 Å². The number of hydrogen-bond acceptors (Lipinski definition) is 5. The number of hydrogen-bond donors (Lipinski definition) is 0. The molecule has 4 rings (SSSR count). The summed E-state index contributed by atoms with van der Waals surface area (Å²) in [5.41, 5.74) is 1.99. The molecule has 0 fully saturated rings. The smallest absolute Gasteiger partial charge is 0.323 e. The Morgan fingerprint density at radius 1 is 0.938 bits per heavy atom. The minimum absolute atomic E-state index is 0.0667. The first-order valence-corrected chi connectivity index (χ1v) is 11.3. The van der Waals surface area contributed by atoms with Crippen LogP contribution in [-0.2, 0) is 24.5 Å². The molecular weight excluding hydrogens is 472 g/mol. The maximum absolute atomic E-state index is 13.9. The minimum atomic E-state index is -1.58. The summed E-state index contributed by atoms with van der Waals surface area (Å²) < 4.78 is 10.8. The fraction of sp³-hybridized carbons (Fsp3) is 0.346. The maximum Gasteiger partial charge on any atom is 0.323 e. The third-order valence-electron chi connectivity index (χ3n) is 7.03. The van der Waals surface area contributed by atoms with Crippen molar-refractivity contribution in [1.82, 2.24) is 0 Å². The number of benzene rings is 2. The van der Waals surface area contributed by atoms with Gasteiger partial charge in [0, 0.05) is 22.0 Å². The van der Waals surface area contributed by atoms with Crippen LogP contribution < -0.4 is 0 Å². The number of carbonyl (C=O) groups excluding carboxylic acids is 3. The summed E-state index contributed by atoms with van der Waals surface area (Å²) in [4.78, 5) is 40.0. The molecule has 2 aromatic carbocycles. The van der Waals surface area contributed by atoms with Crippen molar-refractivity contribution in [1.29, 1.82) is 0 Å². The van der Waals surface area contributed by atoms with Gasteiger partial charge in [0.15, 0.2) is 11.2 Å². The summed E-state index contributed by atoms with van der Waals surface area (Å²) in [6.45, 7) is 4.18. The summed E-state index contributed by atoms with van der Waals surface area (Å²) in [7, 11) is 2.52. The molecule has 0 saturated carbocycles. The molecule has 0 N–H and O–H groups in total. The van der Waals surface area contributed by atoms with Gasteiger partial charge in [-0.15, -0.1) is 0 Å². The normalized spacial score (nSPS) is 20.2. The predicted molar refractivity (Wildman–Crippen MR) is 124 cm³/mol. The van der Waals surface area contributed by atoms with Crippen LogP contribution in [0.25, 0.3) is 5.57 Å².